The van der Waals surface area contributed by atoms with Crippen molar-refractivity contribution >= 4 is 11.6 Å². The lowest BCUT2D eigenvalue weighted by Gasteiger charge is -2.09. The van der Waals surface area contributed by atoms with Crippen LogP contribution in [-0.4, -0.2) is 44.9 Å². The van der Waals surface area contributed by atoms with Gasteiger partial charge in [0.25, 0.3) is 11.6 Å². The standard InChI is InChI=1S/C15H19N5O4/c1-11(2)24-7-3-6-17-15(21)12-4-5-13(14(8-12)20(22)23)19-10-16-9-18-19/h4-5,8-11H,3,6-7H2,1-2H3,(H,17,21). The Morgan fingerprint density at radius 1 is 1.46 bits per heavy atom. The zero-order valence-electron chi connectivity index (χ0n) is 13.5. The van der Waals surface area contributed by atoms with Crippen LogP contribution in [0.3, 0.4) is 0 Å². The summed E-state index contributed by atoms with van der Waals surface area (Å²) in [6.07, 6.45) is 3.45. The number of nitro benzene ring substituents is 1. The molecule has 128 valence electrons. The summed E-state index contributed by atoms with van der Waals surface area (Å²) in [6, 6.07) is 4.23. The van der Waals surface area contributed by atoms with E-state index in [0.717, 1.165) is 0 Å². The van der Waals surface area contributed by atoms with E-state index in [0.29, 0.717) is 19.6 Å². The van der Waals surface area contributed by atoms with Crippen LogP contribution in [0.1, 0.15) is 30.6 Å². The van der Waals surface area contributed by atoms with Crippen LogP contribution >= 0.6 is 0 Å². The second-order valence-electron chi connectivity index (χ2n) is 5.33. The molecular weight excluding hydrogens is 314 g/mol. The highest BCUT2D eigenvalue weighted by Crippen LogP contribution is 2.23. The van der Waals surface area contributed by atoms with Gasteiger partial charge in [-0.3, -0.25) is 14.9 Å². The fraction of sp³-hybridized carbons (Fsp3) is 0.400. The van der Waals surface area contributed by atoms with E-state index in [1.165, 1.54) is 35.5 Å². The van der Waals surface area contributed by atoms with Gasteiger partial charge < -0.3 is 10.1 Å². The molecule has 0 aliphatic carbocycles. The Morgan fingerprint density at radius 2 is 2.25 bits per heavy atom. The van der Waals surface area contributed by atoms with Crippen molar-refractivity contribution < 1.29 is 14.5 Å². The Balaban J connectivity index is 2.04. The first-order valence-corrected chi connectivity index (χ1v) is 7.52. The number of rotatable bonds is 8. The number of amides is 1. The highest BCUT2D eigenvalue weighted by molar-refractivity contribution is 5.95. The van der Waals surface area contributed by atoms with E-state index >= 15 is 0 Å². The first-order valence-electron chi connectivity index (χ1n) is 7.52. The molecule has 9 nitrogen and oxygen atoms in total. The number of ether oxygens (including phenoxy) is 1. The summed E-state index contributed by atoms with van der Waals surface area (Å²) >= 11 is 0. The van der Waals surface area contributed by atoms with Crippen molar-refractivity contribution in [3.05, 3.63) is 46.5 Å². The molecule has 1 aromatic heterocycles. The number of hydrogen-bond donors (Lipinski definition) is 1. The molecule has 0 unspecified atom stereocenters. The molecule has 0 spiro atoms. The van der Waals surface area contributed by atoms with Crippen molar-refractivity contribution in [2.45, 2.75) is 26.4 Å². The molecule has 0 atom stereocenters. The average molecular weight is 333 g/mol. The van der Waals surface area contributed by atoms with Gasteiger partial charge in [0.15, 0.2) is 0 Å². The summed E-state index contributed by atoms with van der Waals surface area (Å²) in [7, 11) is 0. The molecule has 0 saturated carbocycles. The smallest absolute Gasteiger partial charge is 0.295 e. The minimum atomic E-state index is -0.551. The van der Waals surface area contributed by atoms with Gasteiger partial charge in [-0.25, -0.2) is 9.67 Å². The fourth-order valence-electron chi connectivity index (χ4n) is 2.03. The van der Waals surface area contributed by atoms with Crippen molar-refractivity contribution in [3.63, 3.8) is 0 Å². The second kappa shape index (κ2) is 8.16. The number of aromatic nitrogens is 3. The summed E-state index contributed by atoms with van der Waals surface area (Å²) in [5.41, 5.74) is 0.256. The lowest BCUT2D eigenvalue weighted by molar-refractivity contribution is -0.384. The van der Waals surface area contributed by atoms with E-state index in [2.05, 4.69) is 15.4 Å². The maximum absolute atomic E-state index is 12.1. The number of hydrogen-bond acceptors (Lipinski definition) is 6. The number of carbonyl (C=O) groups is 1. The Kier molecular flexibility index (Phi) is 5.96. The lowest BCUT2D eigenvalue weighted by Crippen LogP contribution is -2.25. The van der Waals surface area contributed by atoms with Crippen molar-refractivity contribution in [1.82, 2.24) is 20.1 Å². The van der Waals surface area contributed by atoms with Crippen molar-refractivity contribution in [2.75, 3.05) is 13.2 Å². The van der Waals surface area contributed by atoms with Gasteiger partial charge in [-0.15, -0.1) is 0 Å². The van der Waals surface area contributed by atoms with Crippen LogP contribution in [0.2, 0.25) is 0 Å². The molecule has 0 fully saturated rings. The summed E-state index contributed by atoms with van der Waals surface area (Å²) < 4.78 is 6.66. The second-order valence-corrected chi connectivity index (χ2v) is 5.33. The number of carbonyl (C=O) groups excluding carboxylic acids is 1. The van der Waals surface area contributed by atoms with E-state index in [-0.39, 0.29) is 28.9 Å². The zero-order valence-corrected chi connectivity index (χ0v) is 13.5. The van der Waals surface area contributed by atoms with Crippen molar-refractivity contribution in [3.8, 4) is 5.69 Å². The van der Waals surface area contributed by atoms with Crippen LogP contribution in [-0.2, 0) is 4.74 Å². The molecule has 0 aliphatic rings. The van der Waals surface area contributed by atoms with E-state index in [9.17, 15) is 14.9 Å². The largest absolute Gasteiger partial charge is 0.379 e. The minimum absolute atomic E-state index is 0.146. The molecule has 1 heterocycles. The Morgan fingerprint density at radius 3 is 2.88 bits per heavy atom. The van der Waals surface area contributed by atoms with Gasteiger partial charge in [0.2, 0.25) is 0 Å². The quantitative estimate of drug-likeness (QED) is 0.447. The van der Waals surface area contributed by atoms with Crippen LogP contribution in [0, 0.1) is 10.1 Å². The molecular formula is C15H19N5O4. The fourth-order valence-corrected chi connectivity index (χ4v) is 2.03. The molecule has 9 heteroatoms. The predicted molar refractivity (Wildman–Crippen MR) is 86.1 cm³/mol. The van der Waals surface area contributed by atoms with E-state index in [4.69, 9.17) is 4.74 Å². The Bertz CT molecular complexity index is 700. The van der Waals surface area contributed by atoms with E-state index < -0.39 is 4.92 Å². The molecule has 1 amide bonds. The van der Waals surface area contributed by atoms with Crippen LogP contribution in [0.4, 0.5) is 5.69 Å². The van der Waals surface area contributed by atoms with Gasteiger partial charge in [0.1, 0.15) is 18.3 Å². The highest BCUT2D eigenvalue weighted by Gasteiger charge is 2.19. The third-order valence-corrected chi connectivity index (χ3v) is 3.16. The highest BCUT2D eigenvalue weighted by atomic mass is 16.6. The minimum Gasteiger partial charge on any atom is -0.379 e. The average Bonchev–Trinajstić information content (AvgIpc) is 3.07. The summed E-state index contributed by atoms with van der Waals surface area (Å²) in [6.45, 7) is 4.86. The zero-order chi connectivity index (χ0) is 17.5. The normalized spacial score (nSPS) is 10.8. The van der Waals surface area contributed by atoms with E-state index in [1.807, 2.05) is 13.8 Å². The molecule has 0 bridgehead atoms. The molecule has 0 saturated heterocycles. The Hall–Kier alpha value is -2.81. The number of benzene rings is 1. The number of nitro groups is 1. The molecule has 2 aromatic rings. The molecule has 0 radical (unpaired) electrons. The first kappa shape index (κ1) is 17.5. The van der Waals surface area contributed by atoms with Gasteiger partial charge in [-0.05, 0) is 32.4 Å². The maximum Gasteiger partial charge on any atom is 0.295 e. The van der Waals surface area contributed by atoms with Gasteiger partial charge >= 0.3 is 0 Å². The third kappa shape index (κ3) is 4.59. The van der Waals surface area contributed by atoms with Crippen LogP contribution < -0.4 is 5.32 Å². The molecule has 24 heavy (non-hydrogen) atoms. The maximum atomic E-state index is 12.1. The van der Waals surface area contributed by atoms with Crippen molar-refractivity contribution in [2.24, 2.45) is 0 Å². The number of nitrogens with zero attached hydrogens (tertiary/aromatic N) is 4. The van der Waals surface area contributed by atoms with Crippen LogP contribution in [0.15, 0.2) is 30.9 Å². The predicted octanol–water partition coefficient (Wildman–Crippen LogP) is 1.72. The van der Waals surface area contributed by atoms with Gasteiger partial charge in [0.05, 0.1) is 11.0 Å². The SMILES string of the molecule is CC(C)OCCCNC(=O)c1ccc(-n2cncn2)c([N+](=O)[O-])c1. The summed E-state index contributed by atoms with van der Waals surface area (Å²) in [5.74, 6) is -0.368. The van der Waals surface area contributed by atoms with E-state index in [1.54, 1.807) is 0 Å². The summed E-state index contributed by atoms with van der Waals surface area (Å²) in [4.78, 5) is 26.6. The van der Waals surface area contributed by atoms with Crippen molar-refractivity contribution in [1.29, 1.82) is 0 Å². The third-order valence-electron chi connectivity index (χ3n) is 3.16. The topological polar surface area (TPSA) is 112 Å². The summed E-state index contributed by atoms with van der Waals surface area (Å²) in [5, 5.41) is 17.8. The lowest BCUT2D eigenvalue weighted by atomic mass is 10.1. The monoisotopic (exact) mass is 333 g/mol. The first-order chi connectivity index (χ1) is 11.5. The van der Waals surface area contributed by atoms with Gasteiger partial charge in [-0.1, -0.05) is 0 Å². The van der Waals surface area contributed by atoms with Crippen LogP contribution in [0.5, 0.6) is 0 Å². The molecule has 0 aliphatic heterocycles. The molecule has 2 rings (SSSR count). The molecule has 1 N–H and O–H groups in total. The molecule has 1 aromatic carbocycles. The number of nitrogens with one attached hydrogen (secondary N) is 1. The van der Waals surface area contributed by atoms with Crippen LogP contribution in [0.25, 0.3) is 5.69 Å². The van der Waals surface area contributed by atoms with Gasteiger partial charge in [-0.2, -0.15) is 5.10 Å². The Labute approximate surface area is 138 Å². The van der Waals surface area contributed by atoms with Gasteiger partial charge in [0, 0.05) is 24.8 Å².